The Balaban J connectivity index is 1.02. The number of nitrogens with one attached hydrogen (secondary N) is 1. The molecule has 1 amide bonds. The normalized spacial score (nSPS) is 21.9. The number of carbonyl (C=O) groups is 1. The second-order valence-electron chi connectivity index (χ2n) is 10.8. The summed E-state index contributed by atoms with van der Waals surface area (Å²) in [5.74, 6) is 1.21. The maximum atomic E-state index is 12.4. The summed E-state index contributed by atoms with van der Waals surface area (Å²) in [5.41, 5.74) is 11.2. The first kappa shape index (κ1) is 24.0. The van der Waals surface area contributed by atoms with Crippen molar-refractivity contribution in [1.82, 2.24) is 19.7 Å². The minimum atomic E-state index is -0.235. The highest BCUT2D eigenvalue weighted by molar-refractivity contribution is 5.68. The number of nitrogens with two attached hydrogens (primary N) is 1. The van der Waals surface area contributed by atoms with Crippen LogP contribution in [0.2, 0.25) is 0 Å². The van der Waals surface area contributed by atoms with Gasteiger partial charge >= 0.3 is 6.09 Å². The largest absolute Gasteiger partial charge is 0.445 e. The molecule has 8 nitrogen and oxygen atoms in total. The third-order valence-electron chi connectivity index (χ3n) is 8.01. The molecule has 8 heteroatoms. The van der Waals surface area contributed by atoms with Gasteiger partial charge in [0.15, 0.2) is 0 Å². The summed E-state index contributed by atoms with van der Waals surface area (Å²) in [6.07, 6.45) is 10.4. The van der Waals surface area contributed by atoms with E-state index in [9.17, 15) is 4.79 Å². The van der Waals surface area contributed by atoms with Crippen LogP contribution in [0.3, 0.4) is 0 Å². The maximum Gasteiger partial charge on any atom is 0.410 e. The lowest BCUT2D eigenvalue weighted by Crippen LogP contribution is -2.42. The molecule has 0 atom stereocenters. The fraction of sp³-hybridized carbons (Fsp3) is 0.483. The van der Waals surface area contributed by atoms with Gasteiger partial charge in [-0.1, -0.05) is 30.3 Å². The van der Waals surface area contributed by atoms with E-state index in [4.69, 9.17) is 20.6 Å². The Morgan fingerprint density at radius 2 is 1.84 bits per heavy atom. The zero-order valence-corrected chi connectivity index (χ0v) is 21.3. The zero-order chi connectivity index (χ0) is 25.2. The first-order valence-electron chi connectivity index (χ1n) is 13.6. The molecule has 0 radical (unpaired) electrons. The van der Waals surface area contributed by atoms with Gasteiger partial charge < -0.3 is 20.7 Å². The molecular formula is C29H36N6O2. The van der Waals surface area contributed by atoms with Crippen LogP contribution in [0.5, 0.6) is 0 Å². The summed E-state index contributed by atoms with van der Waals surface area (Å²) >= 11 is 0. The molecule has 0 spiro atoms. The predicted molar refractivity (Wildman–Crippen MR) is 143 cm³/mol. The Morgan fingerprint density at radius 3 is 2.51 bits per heavy atom. The van der Waals surface area contributed by atoms with Crippen molar-refractivity contribution >= 4 is 11.8 Å². The van der Waals surface area contributed by atoms with Crippen LogP contribution >= 0.6 is 0 Å². The topological polar surface area (TPSA) is 98.3 Å². The number of piperidine rings is 1. The van der Waals surface area contributed by atoms with Gasteiger partial charge in [0.25, 0.3) is 0 Å². The van der Waals surface area contributed by atoms with Crippen LogP contribution in [0.15, 0.2) is 54.9 Å². The minimum Gasteiger partial charge on any atom is -0.445 e. The van der Waals surface area contributed by atoms with E-state index in [0.717, 1.165) is 49.2 Å². The Morgan fingerprint density at radius 1 is 1.05 bits per heavy atom. The lowest BCUT2D eigenvalue weighted by atomic mass is 9.80. The molecule has 1 aromatic carbocycles. The predicted octanol–water partition coefficient (Wildman–Crippen LogP) is 4.95. The van der Waals surface area contributed by atoms with Gasteiger partial charge in [0.1, 0.15) is 6.61 Å². The van der Waals surface area contributed by atoms with Crippen molar-refractivity contribution < 1.29 is 9.53 Å². The van der Waals surface area contributed by atoms with Crippen LogP contribution in [0.1, 0.15) is 61.7 Å². The van der Waals surface area contributed by atoms with Crippen LogP contribution in [0.4, 0.5) is 10.5 Å². The Kier molecular flexibility index (Phi) is 6.83. The first-order valence-corrected chi connectivity index (χ1v) is 13.6. The van der Waals surface area contributed by atoms with Crippen molar-refractivity contribution in [3.63, 3.8) is 0 Å². The molecule has 194 valence electrons. The standard InChI is InChI=1S/C29H36N6O2/c30-16-21-14-25(15-21)35-18-26(28(33-35)22-6-7-22)27-9-8-24(17-31-27)32-23-10-12-34(13-11-23)29(36)37-19-20-4-2-1-3-5-20/h1-5,8-9,17-18,21-23,25,32H,6-7,10-16,19,30H2. The van der Waals surface area contributed by atoms with Crippen molar-refractivity contribution in [2.24, 2.45) is 11.7 Å². The smallest absolute Gasteiger partial charge is 0.410 e. The summed E-state index contributed by atoms with van der Waals surface area (Å²) in [6.45, 7) is 2.46. The summed E-state index contributed by atoms with van der Waals surface area (Å²) in [7, 11) is 0. The van der Waals surface area contributed by atoms with E-state index in [0.29, 0.717) is 43.6 Å². The molecule has 3 heterocycles. The highest BCUT2D eigenvalue weighted by Gasteiger charge is 2.34. The fourth-order valence-electron chi connectivity index (χ4n) is 5.45. The molecule has 0 unspecified atom stereocenters. The van der Waals surface area contributed by atoms with E-state index in [-0.39, 0.29) is 6.09 Å². The molecule has 1 aliphatic heterocycles. The van der Waals surface area contributed by atoms with Gasteiger partial charge in [-0.25, -0.2) is 4.79 Å². The van der Waals surface area contributed by atoms with Crippen molar-refractivity contribution in [1.29, 1.82) is 0 Å². The molecule has 2 saturated carbocycles. The number of ether oxygens (including phenoxy) is 1. The Hall–Kier alpha value is -3.39. The molecule has 2 aliphatic carbocycles. The lowest BCUT2D eigenvalue weighted by molar-refractivity contribution is 0.0882. The number of benzene rings is 1. The molecule has 3 aromatic rings. The number of rotatable bonds is 8. The van der Waals surface area contributed by atoms with Gasteiger partial charge in [0.05, 0.1) is 29.3 Å². The van der Waals surface area contributed by atoms with Gasteiger partial charge in [-0.3, -0.25) is 9.67 Å². The van der Waals surface area contributed by atoms with E-state index in [1.54, 1.807) is 4.90 Å². The van der Waals surface area contributed by atoms with Crippen LogP contribution in [-0.4, -0.2) is 51.4 Å². The molecule has 6 rings (SSSR count). The quantitative estimate of drug-likeness (QED) is 0.454. The number of hydrogen-bond donors (Lipinski definition) is 2. The van der Waals surface area contributed by atoms with E-state index in [2.05, 4.69) is 28.3 Å². The van der Waals surface area contributed by atoms with E-state index in [1.165, 1.54) is 24.1 Å². The number of likely N-dealkylation sites (tertiary alicyclic amines) is 1. The Bertz CT molecular complexity index is 1190. The molecule has 3 N–H and O–H groups in total. The number of carbonyl (C=O) groups excluding carboxylic acids is 1. The number of aromatic nitrogens is 3. The Labute approximate surface area is 218 Å². The average molecular weight is 501 g/mol. The third kappa shape index (κ3) is 5.49. The summed E-state index contributed by atoms with van der Waals surface area (Å²) in [6, 6.07) is 14.8. The van der Waals surface area contributed by atoms with Crippen LogP contribution in [-0.2, 0) is 11.3 Å². The molecule has 1 saturated heterocycles. The molecule has 3 fully saturated rings. The average Bonchev–Trinajstić information content (AvgIpc) is 3.67. The summed E-state index contributed by atoms with van der Waals surface area (Å²) in [4.78, 5) is 19.1. The van der Waals surface area contributed by atoms with Gasteiger partial charge in [-0.05, 0) is 68.7 Å². The zero-order valence-electron chi connectivity index (χ0n) is 21.3. The van der Waals surface area contributed by atoms with Gasteiger partial charge in [0, 0.05) is 36.8 Å². The van der Waals surface area contributed by atoms with E-state index < -0.39 is 0 Å². The van der Waals surface area contributed by atoms with Gasteiger partial charge in [-0.15, -0.1) is 0 Å². The molecule has 2 aromatic heterocycles. The van der Waals surface area contributed by atoms with E-state index in [1.807, 2.05) is 36.5 Å². The number of pyridine rings is 1. The number of amides is 1. The van der Waals surface area contributed by atoms with Gasteiger partial charge in [-0.2, -0.15) is 5.10 Å². The summed E-state index contributed by atoms with van der Waals surface area (Å²) in [5, 5.41) is 8.59. The first-order chi connectivity index (χ1) is 18.2. The van der Waals surface area contributed by atoms with Crippen molar-refractivity contribution in [2.45, 2.75) is 63.1 Å². The number of nitrogens with zero attached hydrogens (tertiary/aromatic N) is 4. The second-order valence-corrected chi connectivity index (χ2v) is 10.8. The SMILES string of the molecule is NCC1CC(n2cc(-c3ccc(NC4CCN(C(=O)OCc5ccccc5)CC4)cn3)c(C3CC3)n2)C1. The van der Waals surface area contributed by atoms with Crippen LogP contribution in [0.25, 0.3) is 11.3 Å². The highest BCUT2D eigenvalue weighted by atomic mass is 16.6. The fourth-order valence-corrected chi connectivity index (χ4v) is 5.45. The molecular weight excluding hydrogens is 464 g/mol. The monoisotopic (exact) mass is 500 g/mol. The lowest BCUT2D eigenvalue weighted by Gasteiger charge is -2.34. The molecule has 3 aliphatic rings. The van der Waals surface area contributed by atoms with Gasteiger partial charge in [0.2, 0.25) is 0 Å². The maximum absolute atomic E-state index is 12.4. The highest BCUT2D eigenvalue weighted by Crippen LogP contribution is 2.45. The van der Waals surface area contributed by atoms with E-state index >= 15 is 0 Å². The second kappa shape index (κ2) is 10.5. The van der Waals surface area contributed by atoms with Crippen LogP contribution < -0.4 is 11.1 Å². The van der Waals surface area contributed by atoms with Crippen LogP contribution in [0, 0.1) is 5.92 Å². The molecule has 0 bridgehead atoms. The minimum absolute atomic E-state index is 0.235. The van der Waals surface area contributed by atoms with Crippen molar-refractivity contribution in [3.05, 3.63) is 66.1 Å². The third-order valence-corrected chi connectivity index (χ3v) is 8.01. The summed E-state index contributed by atoms with van der Waals surface area (Å²) < 4.78 is 7.66. The van der Waals surface area contributed by atoms with Crippen molar-refractivity contribution in [2.75, 3.05) is 25.0 Å². The van der Waals surface area contributed by atoms with Crippen molar-refractivity contribution in [3.8, 4) is 11.3 Å². The molecule has 37 heavy (non-hydrogen) atoms. The number of hydrogen-bond acceptors (Lipinski definition) is 6. The number of anilines is 1.